The van der Waals surface area contributed by atoms with Gasteiger partial charge in [0.25, 0.3) is 0 Å². The van der Waals surface area contributed by atoms with Gasteiger partial charge in [-0.15, -0.1) is 11.3 Å². The Morgan fingerprint density at radius 1 is 1.47 bits per heavy atom. The summed E-state index contributed by atoms with van der Waals surface area (Å²) in [6.07, 6.45) is 0. The fraction of sp³-hybridized carbons (Fsp3) is 0.182. The van der Waals surface area contributed by atoms with Crippen LogP contribution < -0.4 is 10.5 Å². The zero-order valence-corrected chi connectivity index (χ0v) is 9.35. The topological polar surface area (TPSA) is 52.3 Å². The Kier molecular flexibility index (Phi) is 2.36. The molecule has 0 amide bonds. The van der Waals surface area contributed by atoms with Crippen LogP contribution in [-0.2, 0) is 0 Å². The molecule has 1 heterocycles. The molecule has 0 saturated heterocycles. The first-order valence-electron chi connectivity index (χ1n) is 4.50. The molecule has 0 unspecified atom stereocenters. The van der Waals surface area contributed by atoms with Crippen LogP contribution >= 0.6 is 11.3 Å². The normalized spacial score (nSPS) is 10.5. The van der Waals surface area contributed by atoms with Gasteiger partial charge in [0.1, 0.15) is 5.75 Å². The summed E-state index contributed by atoms with van der Waals surface area (Å²) in [7, 11) is 1.61. The molecule has 2 rings (SSSR count). The number of nitrogens with two attached hydrogens (primary N) is 1. The van der Waals surface area contributed by atoms with Crippen LogP contribution in [0, 0.1) is 0 Å². The molecule has 0 spiro atoms. The summed E-state index contributed by atoms with van der Waals surface area (Å²) in [4.78, 5) is 11.9. The van der Waals surface area contributed by atoms with Crippen molar-refractivity contribution < 1.29 is 9.53 Å². The zero-order valence-electron chi connectivity index (χ0n) is 8.53. The van der Waals surface area contributed by atoms with Crippen molar-refractivity contribution in [3.63, 3.8) is 0 Å². The van der Waals surface area contributed by atoms with Gasteiger partial charge in [-0.2, -0.15) is 0 Å². The number of carbonyl (C=O) groups excluding carboxylic acids is 1. The number of methoxy groups -OCH3 is 1. The summed E-state index contributed by atoms with van der Waals surface area (Å²) < 4.78 is 6.12. The van der Waals surface area contributed by atoms with E-state index in [1.807, 2.05) is 18.2 Å². The molecule has 1 aromatic heterocycles. The third kappa shape index (κ3) is 1.57. The summed E-state index contributed by atoms with van der Waals surface area (Å²) >= 11 is 1.42. The molecular formula is C11H11NO2S. The Hall–Kier alpha value is -1.55. The van der Waals surface area contributed by atoms with Gasteiger partial charge in [-0.1, -0.05) is 0 Å². The summed E-state index contributed by atoms with van der Waals surface area (Å²) in [6, 6.07) is 5.64. The summed E-state index contributed by atoms with van der Waals surface area (Å²) in [5, 5.41) is 0.893. The third-order valence-electron chi connectivity index (χ3n) is 2.25. The molecule has 78 valence electrons. The van der Waals surface area contributed by atoms with E-state index in [1.54, 1.807) is 7.11 Å². The van der Waals surface area contributed by atoms with E-state index >= 15 is 0 Å². The quantitative estimate of drug-likeness (QED) is 0.793. The number of anilines is 1. The highest BCUT2D eigenvalue weighted by molar-refractivity contribution is 7.21. The Morgan fingerprint density at radius 2 is 2.20 bits per heavy atom. The number of Topliss-reactive ketones (excluding diaryl/α,β-unsaturated/α-hetero) is 1. The van der Waals surface area contributed by atoms with Crippen LogP contribution in [0.5, 0.6) is 5.75 Å². The maximum atomic E-state index is 11.3. The van der Waals surface area contributed by atoms with Crippen LogP contribution in [0.3, 0.4) is 0 Å². The van der Waals surface area contributed by atoms with Crippen LogP contribution in [0.15, 0.2) is 18.2 Å². The van der Waals surface area contributed by atoms with E-state index in [9.17, 15) is 4.79 Å². The molecule has 4 heteroatoms. The molecule has 0 radical (unpaired) electrons. The fourth-order valence-electron chi connectivity index (χ4n) is 1.48. The van der Waals surface area contributed by atoms with Crippen LogP contribution in [0.2, 0.25) is 0 Å². The Labute approximate surface area is 91.5 Å². The van der Waals surface area contributed by atoms with Gasteiger partial charge in [0, 0.05) is 17.0 Å². The predicted octanol–water partition coefficient (Wildman–Crippen LogP) is 2.69. The zero-order chi connectivity index (χ0) is 11.0. The average molecular weight is 221 g/mol. The lowest BCUT2D eigenvalue weighted by atomic mass is 10.2. The van der Waals surface area contributed by atoms with E-state index in [-0.39, 0.29) is 5.78 Å². The van der Waals surface area contributed by atoms with Crippen molar-refractivity contribution in [1.82, 2.24) is 0 Å². The van der Waals surface area contributed by atoms with Crippen molar-refractivity contribution in [1.29, 1.82) is 0 Å². The molecule has 2 N–H and O–H groups in total. The molecule has 0 saturated carbocycles. The molecule has 0 atom stereocenters. The smallest absolute Gasteiger partial charge is 0.171 e. The van der Waals surface area contributed by atoms with Crippen LogP contribution in [0.25, 0.3) is 10.1 Å². The molecule has 0 aliphatic carbocycles. The van der Waals surface area contributed by atoms with Crippen molar-refractivity contribution in [3.8, 4) is 5.75 Å². The van der Waals surface area contributed by atoms with Gasteiger partial charge >= 0.3 is 0 Å². The Balaban J connectivity index is 2.72. The average Bonchev–Trinajstić information content (AvgIpc) is 2.56. The maximum Gasteiger partial charge on any atom is 0.171 e. The first-order valence-corrected chi connectivity index (χ1v) is 5.32. The summed E-state index contributed by atoms with van der Waals surface area (Å²) in [6.45, 7) is 1.53. The highest BCUT2D eigenvalue weighted by atomic mass is 32.1. The van der Waals surface area contributed by atoms with E-state index in [4.69, 9.17) is 10.5 Å². The number of nitrogen functional groups attached to an aromatic ring is 1. The molecule has 15 heavy (non-hydrogen) atoms. The number of fused-ring (bicyclic) bond motifs is 1. The van der Waals surface area contributed by atoms with Crippen molar-refractivity contribution >= 4 is 32.9 Å². The largest absolute Gasteiger partial charge is 0.497 e. The minimum absolute atomic E-state index is 0.00710. The standard InChI is InChI=1S/C11H11NO2S/c1-6(13)11-10(12)8-5-7(14-2)3-4-9(8)15-11/h3-5H,12H2,1-2H3. The Bertz CT molecular complexity index is 531. The second-order valence-electron chi connectivity index (χ2n) is 3.26. The SMILES string of the molecule is COc1ccc2sc(C(C)=O)c(N)c2c1. The number of hydrogen-bond acceptors (Lipinski definition) is 4. The van der Waals surface area contributed by atoms with Gasteiger partial charge in [-0.3, -0.25) is 4.79 Å². The van der Waals surface area contributed by atoms with E-state index < -0.39 is 0 Å². The maximum absolute atomic E-state index is 11.3. The molecule has 0 fully saturated rings. The number of hydrogen-bond donors (Lipinski definition) is 1. The second-order valence-corrected chi connectivity index (χ2v) is 4.32. The summed E-state index contributed by atoms with van der Waals surface area (Å²) in [5.41, 5.74) is 6.45. The molecule has 1 aromatic carbocycles. The second kappa shape index (κ2) is 3.55. The van der Waals surface area contributed by atoms with Gasteiger partial charge in [0.2, 0.25) is 0 Å². The van der Waals surface area contributed by atoms with E-state index in [0.29, 0.717) is 10.6 Å². The molecule has 2 aromatic rings. The number of ketones is 1. The number of carbonyl (C=O) groups is 1. The van der Waals surface area contributed by atoms with Crippen LogP contribution in [0.4, 0.5) is 5.69 Å². The number of ether oxygens (including phenoxy) is 1. The number of thiophene rings is 1. The van der Waals surface area contributed by atoms with Crippen molar-refractivity contribution in [3.05, 3.63) is 23.1 Å². The van der Waals surface area contributed by atoms with E-state index in [1.165, 1.54) is 18.3 Å². The molecule has 0 bridgehead atoms. The first kappa shape index (κ1) is 9.98. The van der Waals surface area contributed by atoms with Gasteiger partial charge < -0.3 is 10.5 Å². The highest BCUT2D eigenvalue weighted by Gasteiger charge is 2.13. The summed E-state index contributed by atoms with van der Waals surface area (Å²) in [5.74, 6) is 0.759. The van der Waals surface area contributed by atoms with E-state index in [0.717, 1.165) is 15.8 Å². The van der Waals surface area contributed by atoms with Gasteiger partial charge in [0.05, 0.1) is 17.7 Å². The molecule has 0 aliphatic rings. The van der Waals surface area contributed by atoms with Crippen molar-refractivity contribution in [2.75, 3.05) is 12.8 Å². The van der Waals surface area contributed by atoms with Crippen LogP contribution in [0.1, 0.15) is 16.6 Å². The Morgan fingerprint density at radius 3 is 2.80 bits per heavy atom. The monoisotopic (exact) mass is 221 g/mol. The predicted molar refractivity (Wildman–Crippen MR) is 62.8 cm³/mol. The highest BCUT2D eigenvalue weighted by Crippen LogP contribution is 2.35. The number of benzene rings is 1. The first-order chi connectivity index (χ1) is 7.13. The van der Waals surface area contributed by atoms with Gasteiger partial charge in [-0.25, -0.2) is 0 Å². The lowest BCUT2D eigenvalue weighted by Crippen LogP contribution is -1.93. The van der Waals surface area contributed by atoms with Gasteiger partial charge in [0.15, 0.2) is 5.78 Å². The van der Waals surface area contributed by atoms with Crippen LogP contribution in [-0.4, -0.2) is 12.9 Å². The van der Waals surface area contributed by atoms with E-state index in [2.05, 4.69) is 0 Å². The lowest BCUT2D eigenvalue weighted by molar-refractivity contribution is 0.102. The van der Waals surface area contributed by atoms with Crippen molar-refractivity contribution in [2.45, 2.75) is 6.92 Å². The minimum Gasteiger partial charge on any atom is -0.497 e. The van der Waals surface area contributed by atoms with Gasteiger partial charge in [-0.05, 0) is 18.2 Å². The lowest BCUT2D eigenvalue weighted by Gasteiger charge is -1.99. The fourth-order valence-corrected chi connectivity index (χ4v) is 2.48. The molecule has 3 nitrogen and oxygen atoms in total. The van der Waals surface area contributed by atoms with Crippen molar-refractivity contribution in [2.24, 2.45) is 0 Å². The molecule has 0 aliphatic heterocycles. The number of rotatable bonds is 2. The minimum atomic E-state index is 0.00710. The third-order valence-corrected chi connectivity index (χ3v) is 3.54. The molecular weight excluding hydrogens is 210 g/mol.